The Hall–Kier alpha value is -1.18. The van der Waals surface area contributed by atoms with Gasteiger partial charge < -0.3 is 24.2 Å². The van der Waals surface area contributed by atoms with Gasteiger partial charge in [-0.3, -0.25) is 9.59 Å². The zero-order valence-corrected chi connectivity index (χ0v) is 15.3. The van der Waals surface area contributed by atoms with Gasteiger partial charge in [0.25, 0.3) is 0 Å². The van der Waals surface area contributed by atoms with Crippen LogP contribution in [-0.2, 0) is 19.1 Å². The van der Waals surface area contributed by atoms with E-state index in [1.54, 1.807) is 11.8 Å². The van der Waals surface area contributed by atoms with E-state index in [4.69, 9.17) is 9.47 Å². The molecule has 7 nitrogen and oxygen atoms in total. The number of amides is 2. The fourth-order valence-electron chi connectivity index (χ4n) is 3.28. The molecular weight excluding hydrogens is 310 g/mol. The van der Waals surface area contributed by atoms with Crippen molar-refractivity contribution in [3.63, 3.8) is 0 Å². The minimum absolute atomic E-state index is 0.0342. The van der Waals surface area contributed by atoms with Crippen LogP contribution in [0.4, 0.5) is 0 Å². The molecule has 0 atom stereocenters. The second kappa shape index (κ2) is 8.78. The fraction of sp³-hybridized carbons (Fsp3) is 0.882. The van der Waals surface area contributed by atoms with Gasteiger partial charge in [0.2, 0.25) is 11.8 Å². The average Bonchev–Trinajstić information content (AvgIpc) is 2.98. The number of likely N-dealkylation sites (tertiary alicyclic amines) is 1. The largest absolute Gasteiger partial charge is 0.347 e. The summed E-state index contributed by atoms with van der Waals surface area (Å²) in [6, 6.07) is 0. The molecule has 2 heterocycles. The topological polar surface area (TPSA) is 62.3 Å². The Kier molecular flexibility index (Phi) is 7.01. The second-order valence-corrected chi connectivity index (χ2v) is 6.90. The van der Waals surface area contributed by atoms with E-state index in [0.717, 1.165) is 25.8 Å². The van der Waals surface area contributed by atoms with Gasteiger partial charge >= 0.3 is 0 Å². The number of rotatable bonds is 7. The molecule has 7 heteroatoms. The van der Waals surface area contributed by atoms with Gasteiger partial charge in [-0.2, -0.15) is 0 Å². The van der Waals surface area contributed by atoms with Gasteiger partial charge in [0, 0.05) is 52.4 Å². The highest BCUT2D eigenvalue weighted by molar-refractivity contribution is 5.78. The lowest BCUT2D eigenvalue weighted by Crippen LogP contribution is -2.48. The summed E-state index contributed by atoms with van der Waals surface area (Å²) in [6.45, 7) is 6.33. The Labute approximate surface area is 144 Å². The Morgan fingerprint density at radius 1 is 1.04 bits per heavy atom. The predicted octanol–water partition coefficient (Wildman–Crippen LogP) is 0.542. The molecule has 2 amide bonds. The molecule has 0 aromatic rings. The van der Waals surface area contributed by atoms with E-state index in [9.17, 15) is 9.59 Å². The summed E-state index contributed by atoms with van der Waals surface area (Å²) in [5.41, 5.74) is 0. The average molecular weight is 341 g/mol. The van der Waals surface area contributed by atoms with Crippen molar-refractivity contribution >= 4 is 11.8 Å². The Morgan fingerprint density at radius 3 is 2.21 bits per heavy atom. The monoisotopic (exact) mass is 341 g/mol. The molecule has 0 radical (unpaired) electrons. The molecule has 2 aliphatic heterocycles. The third-order valence-electron chi connectivity index (χ3n) is 4.77. The minimum Gasteiger partial charge on any atom is -0.347 e. The molecule has 1 spiro atoms. The van der Waals surface area contributed by atoms with Crippen molar-refractivity contribution in [2.24, 2.45) is 0 Å². The van der Waals surface area contributed by atoms with E-state index >= 15 is 0 Å². The maximum atomic E-state index is 12.4. The smallest absolute Gasteiger partial charge is 0.224 e. The Morgan fingerprint density at radius 2 is 1.67 bits per heavy atom. The zero-order chi connectivity index (χ0) is 17.6. The predicted molar refractivity (Wildman–Crippen MR) is 90.5 cm³/mol. The van der Waals surface area contributed by atoms with Gasteiger partial charge in [0.05, 0.1) is 13.2 Å². The number of carbonyl (C=O) groups excluding carboxylic acids is 2. The molecule has 2 aliphatic rings. The molecule has 0 aromatic heterocycles. The zero-order valence-electron chi connectivity index (χ0n) is 15.3. The Bertz CT molecular complexity index is 426. The summed E-state index contributed by atoms with van der Waals surface area (Å²) in [6.07, 6.45) is 2.77. The third kappa shape index (κ3) is 5.43. The summed E-state index contributed by atoms with van der Waals surface area (Å²) in [5, 5.41) is 0. The van der Waals surface area contributed by atoms with E-state index in [2.05, 4.69) is 4.90 Å². The quantitative estimate of drug-likeness (QED) is 0.676. The van der Waals surface area contributed by atoms with Gasteiger partial charge in [0.1, 0.15) is 0 Å². The lowest BCUT2D eigenvalue weighted by Gasteiger charge is -2.37. The van der Waals surface area contributed by atoms with Crippen LogP contribution in [-0.4, -0.2) is 92.3 Å². The van der Waals surface area contributed by atoms with Gasteiger partial charge in [-0.25, -0.2) is 0 Å². The van der Waals surface area contributed by atoms with Crippen molar-refractivity contribution in [1.82, 2.24) is 14.7 Å². The van der Waals surface area contributed by atoms with Crippen LogP contribution in [0.15, 0.2) is 0 Å². The Balaban J connectivity index is 1.71. The van der Waals surface area contributed by atoms with E-state index in [-0.39, 0.29) is 11.8 Å². The standard InChI is InChI=1S/C17H31N3O4/c1-15(21)19(9-4-8-18(2)3)10-5-16(22)20-11-6-17(7-12-20)23-13-14-24-17/h4-14H2,1-3H3. The number of piperidine rings is 1. The van der Waals surface area contributed by atoms with E-state index in [1.807, 2.05) is 19.0 Å². The third-order valence-corrected chi connectivity index (χ3v) is 4.77. The van der Waals surface area contributed by atoms with Crippen LogP contribution < -0.4 is 0 Å². The first-order chi connectivity index (χ1) is 11.4. The van der Waals surface area contributed by atoms with Crippen molar-refractivity contribution in [2.45, 2.75) is 38.4 Å². The first-order valence-electron chi connectivity index (χ1n) is 8.88. The normalized spacial score (nSPS) is 19.9. The fourth-order valence-corrected chi connectivity index (χ4v) is 3.28. The minimum atomic E-state index is -0.450. The lowest BCUT2D eigenvalue weighted by atomic mass is 10.0. The highest BCUT2D eigenvalue weighted by Crippen LogP contribution is 2.31. The van der Waals surface area contributed by atoms with Crippen LogP contribution in [0.3, 0.4) is 0 Å². The molecule has 2 rings (SSSR count). The van der Waals surface area contributed by atoms with E-state index in [0.29, 0.717) is 45.8 Å². The molecule has 0 aliphatic carbocycles. The number of carbonyl (C=O) groups is 2. The molecular formula is C17H31N3O4. The molecule has 138 valence electrons. The first-order valence-corrected chi connectivity index (χ1v) is 8.88. The SMILES string of the molecule is CC(=O)N(CCCN(C)C)CCC(=O)N1CCC2(CC1)OCCO2. The number of ether oxygens (including phenoxy) is 2. The van der Waals surface area contributed by atoms with Crippen LogP contribution in [0.25, 0.3) is 0 Å². The number of hydrogen-bond acceptors (Lipinski definition) is 5. The van der Waals surface area contributed by atoms with E-state index < -0.39 is 5.79 Å². The summed E-state index contributed by atoms with van der Waals surface area (Å²) in [7, 11) is 4.03. The van der Waals surface area contributed by atoms with Gasteiger partial charge in [-0.1, -0.05) is 0 Å². The summed E-state index contributed by atoms with van der Waals surface area (Å²) < 4.78 is 11.4. The molecule has 0 N–H and O–H groups in total. The summed E-state index contributed by atoms with van der Waals surface area (Å²) in [5.74, 6) is -0.303. The number of nitrogens with zero attached hydrogens (tertiary/aromatic N) is 3. The maximum Gasteiger partial charge on any atom is 0.224 e. The van der Waals surface area contributed by atoms with Gasteiger partial charge in [-0.05, 0) is 27.1 Å². The van der Waals surface area contributed by atoms with Crippen LogP contribution in [0.2, 0.25) is 0 Å². The van der Waals surface area contributed by atoms with Gasteiger partial charge in [-0.15, -0.1) is 0 Å². The molecule has 2 saturated heterocycles. The molecule has 0 saturated carbocycles. The summed E-state index contributed by atoms with van der Waals surface area (Å²) >= 11 is 0. The van der Waals surface area contributed by atoms with Crippen molar-refractivity contribution < 1.29 is 19.1 Å². The molecule has 0 bridgehead atoms. The first kappa shape index (κ1) is 19.1. The second-order valence-electron chi connectivity index (χ2n) is 6.90. The molecule has 2 fully saturated rings. The van der Waals surface area contributed by atoms with Gasteiger partial charge in [0.15, 0.2) is 5.79 Å². The van der Waals surface area contributed by atoms with Crippen LogP contribution in [0, 0.1) is 0 Å². The van der Waals surface area contributed by atoms with Crippen LogP contribution >= 0.6 is 0 Å². The summed E-state index contributed by atoms with van der Waals surface area (Å²) in [4.78, 5) is 29.9. The van der Waals surface area contributed by atoms with Crippen LogP contribution in [0.5, 0.6) is 0 Å². The molecule has 0 aromatic carbocycles. The van der Waals surface area contributed by atoms with Crippen molar-refractivity contribution in [3.05, 3.63) is 0 Å². The van der Waals surface area contributed by atoms with E-state index in [1.165, 1.54) is 0 Å². The highest BCUT2D eigenvalue weighted by Gasteiger charge is 2.40. The van der Waals surface area contributed by atoms with Crippen molar-refractivity contribution in [2.75, 3.05) is 60.0 Å². The maximum absolute atomic E-state index is 12.4. The molecule has 24 heavy (non-hydrogen) atoms. The highest BCUT2D eigenvalue weighted by atomic mass is 16.7. The van der Waals surface area contributed by atoms with Crippen LogP contribution in [0.1, 0.15) is 32.6 Å². The lowest BCUT2D eigenvalue weighted by molar-refractivity contribution is -0.187. The van der Waals surface area contributed by atoms with Crippen molar-refractivity contribution in [1.29, 1.82) is 0 Å². The molecule has 0 unspecified atom stereocenters. The number of hydrogen-bond donors (Lipinski definition) is 0. The van der Waals surface area contributed by atoms with Crippen molar-refractivity contribution in [3.8, 4) is 0 Å².